The van der Waals surface area contributed by atoms with Gasteiger partial charge >= 0.3 is 0 Å². The molecule has 1 unspecified atom stereocenters. The van der Waals surface area contributed by atoms with Crippen LogP contribution in [0.5, 0.6) is 0 Å². The lowest BCUT2D eigenvalue weighted by Crippen LogP contribution is -2.24. The van der Waals surface area contributed by atoms with Gasteiger partial charge in [-0.25, -0.2) is 0 Å². The summed E-state index contributed by atoms with van der Waals surface area (Å²) in [5.74, 6) is 0.740. The second-order valence-electron chi connectivity index (χ2n) is 4.14. The predicted molar refractivity (Wildman–Crippen MR) is 63.2 cm³/mol. The molecule has 0 aromatic heterocycles. The molecule has 0 heterocycles. The molecule has 1 atom stereocenters. The second-order valence-corrected chi connectivity index (χ2v) is 4.14. The SMILES string of the molecule is C=CC(C)(CCC=C(C)C)OC(=C)C. The van der Waals surface area contributed by atoms with Gasteiger partial charge in [-0.15, -0.1) is 0 Å². The molecule has 0 aromatic carbocycles. The first-order valence-electron chi connectivity index (χ1n) is 5.01. The number of hydrogen-bond donors (Lipinski definition) is 0. The van der Waals surface area contributed by atoms with E-state index >= 15 is 0 Å². The summed E-state index contributed by atoms with van der Waals surface area (Å²) in [5.41, 5.74) is 1.06. The molecule has 0 N–H and O–H groups in total. The van der Waals surface area contributed by atoms with Gasteiger partial charge in [-0.3, -0.25) is 0 Å². The molecule has 0 aromatic rings. The standard InChI is InChI=1S/C13H22O/c1-7-13(6,14-12(4)5)10-8-9-11(2)3/h7,9H,1,4,8,10H2,2-3,5-6H3. The molecule has 0 spiro atoms. The number of ether oxygens (including phenoxy) is 1. The van der Waals surface area contributed by atoms with E-state index in [0.717, 1.165) is 18.6 Å². The van der Waals surface area contributed by atoms with Gasteiger partial charge in [0.15, 0.2) is 0 Å². The normalized spacial score (nSPS) is 14.0. The lowest BCUT2D eigenvalue weighted by molar-refractivity contribution is 0.0569. The van der Waals surface area contributed by atoms with Crippen molar-refractivity contribution >= 4 is 0 Å². The van der Waals surface area contributed by atoms with E-state index in [4.69, 9.17) is 4.74 Å². The Morgan fingerprint density at radius 2 is 1.93 bits per heavy atom. The molecule has 0 amide bonds. The van der Waals surface area contributed by atoms with Crippen LogP contribution in [0.3, 0.4) is 0 Å². The minimum atomic E-state index is -0.280. The van der Waals surface area contributed by atoms with Crippen LogP contribution in [0.2, 0.25) is 0 Å². The predicted octanol–water partition coefficient (Wildman–Crippen LogP) is 4.23. The van der Waals surface area contributed by atoms with Crippen LogP contribution < -0.4 is 0 Å². The van der Waals surface area contributed by atoms with Crippen LogP contribution in [0.1, 0.15) is 40.5 Å². The highest BCUT2D eigenvalue weighted by Crippen LogP contribution is 2.22. The summed E-state index contributed by atoms with van der Waals surface area (Å²) in [6.07, 6.45) is 6.01. The third-order valence-corrected chi connectivity index (χ3v) is 2.03. The van der Waals surface area contributed by atoms with Crippen molar-refractivity contribution in [2.45, 2.75) is 46.1 Å². The van der Waals surface area contributed by atoms with Crippen LogP contribution in [0.25, 0.3) is 0 Å². The molecule has 80 valence electrons. The van der Waals surface area contributed by atoms with Crippen LogP contribution in [0.4, 0.5) is 0 Å². The molecule has 0 saturated carbocycles. The fraction of sp³-hybridized carbons (Fsp3) is 0.538. The molecule has 0 aliphatic heterocycles. The zero-order valence-electron chi connectivity index (χ0n) is 9.89. The fourth-order valence-corrected chi connectivity index (χ4v) is 1.24. The zero-order chi connectivity index (χ0) is 11.2. The fourth-order valence-electron chi connectivity index (χ4n) is 1.24. The van der Waals surface area contributed by atoms with Gasteiger partial charge in [0.05, 0.1) is 5.76 Å². The quantitative estimate of drug-likeness (QED) is 0.454. The van der Waals surface area contributed by atoms with Gasteiger partial charge in [0, 0.05) is 0 Å². The lowest BCUT2D eigenvalue weighted by Gasteiger charge is -2.27. The number of allylic oxidation sites excluding steroid dienone is 3. The highest BCUT2D eigenvalue weighted by atomic mass is 16.5. The van der Waals surface area contributed by atoms with Crippen molar-refractivity contribution in [3.63, 3.8) is 0 Å². The maximum atomic E-state index is 5.63. The van der Waals surface area contributed by atoms with Crippen LogP contribution in [0, 0.1) is 0 Å². The van der Waals surface area contributed by atoms with E-state index in [1.54, 1.807) is 0 Å². The van der Waals surface area contributed by atoms with Crippen LogP contribution >= 0.6 is 0 Å². The number of hydrogen-bond acceptors (Lipinski definition) is 1. The molecule has 0 aliphatic rings. The third-order valence-electron chi connectivity index (χ3n) is 2.03. The molecule has 0 bridgehead atoms. The largest absolute Gasteiger partial charge is 0.489 e. The van der Waals surface area contributed by atoms with Crippen molar-refractivity contribution in [3.8, 4) is 0 Å². The monoisotopic (exact) mass is 194 g/mol. The maximum absolute atomic E-state index is 5.63. The average Bonchev–Trinajstić information content (AvgIpc) is 2.02. The Morgan fingerprint density at radius 1 is 1.36 bits per heavy atom. The summed E-state index contributed by atoms with van der Waals surface area (Å²) in [6, 6.07) is 0. The summed E-state index contributed by atoms with van der Waals surface area (Å²) < 4.78 is 5.63. The topological polar surface area (TPSA) is 9.23 Å². The number of rotatable bonds is 6. The summed E-state index contributed by atoms with van der Waals surface area (Å²) in [4.78, 5) is 0. The lowest BCUT2D eigenvalue weighted by atomic mass is 9.99. The van der Waals surface area contributed by atoms with E-state index in [2.05, 4.69) is 33.1 Å². The summed E-state index contributed by atoms with van der Waals surface area (Å²) >= 11 is 0. The minimum Gasteiger partial charge on any atom is -0.489 e. The van der Waals surface area contributed by atoms with E-state index < -0.39 is 0 Å². The molecule has 1 nitrogen and oxygen atoms in total. The molecule has 0 fully saturated rings. The first-order valence-corrected chi connectivity index (χ1v) is 5.01. The Morgan fingerprint density at radius 3 is 2.29 bits per heavy atom. The Hall–Kier alpha value is -0.980. The van der Waals surface area contributed by atoms with Gasteiger partial charge in [-0.1, -0.05) is 24.8 Å². The van der Waals surface area contributed by atoms with Crippen molar-refractivity contribution in [1.29, 1.82) is 0 Å². The van der Waals surface area contributed by atoms with Gasteiger partial charge in [0.2, 0.25) is 0 Å². The maximum Gasteiger partial charge on any atom is 0.124 e. The molecule has 0 saturated heterocycles. The minimum absolute atomic E-state index is 0.280. The first-order chi connectivity index (χ1) is 6.39. The van der Waals surface area contributed by atoms with E-state index in [1.807, 2.05) is 19.9 Å². The Kier molecular flexibility index (Phi) is 5.29. The van der Waals surface area contributed by atoms with Crippen molar-refractivity contribution < 1.29 is 4.74 Å². The molecule has 0 rings (SSSR count). The summed E-state index contributed by atoms with van der Waals surface area (Å²) in [7, 11) is 0. The van der Waals surface area contributed by atoms with Crippen LogP contribution in [-0.2, 0) is 4.74 Å². The zero-order valence-corrected chi connectivity index (χ0v) is 9.89. The van der Waals surface area contributed by atoms with Gasteiger partial charge in [0.1, 0.15) is 5.60 Å². The Labute approximate surface area is 88.2 Å². The van der Waals surface area contributed by atoms with Crippen molar-refractivity contribution in [1.82, 2.24) is 0 Å². The second kappa shape index (κ2) is 5.69. The van der Waals surface area contributed by atoms with E-state index in [0.29, 0.717) is 0 Å². The molecule has 14 heavy (non-hydrogen) atoms. The van der Waals surface area contributed by atoms with Gasteiger partial charge in [-0.2, -0.15) is 0 Å². The molecule has 0 radical (unpaired) electrons. The molecule has 1 heteroatoms. The van der Waals surface area contributed by atoms with E-state index in [-0.39, 0.29) is 5.60 Å². The average molecular weight is 194 g/mol. The van der Waals surface area contributed by atoms with Crippen molar-refractivity contribution in [3.05, 3.63) is 36.6 Å². The molecular weight excluding hydrogens is 172 g/mol. The van der Waals surface area contributed by atoms with E-state index in [1.165, 1.54) is 5.57 Å². The molecule has 0 aliphatic carbocycles. The third kappa shape index (κ3) is 5.63. The van der Waals surface area contributed by atoms with Gasteiger partial charge in [-0.05, 0) is 46.6 Å². The summed E-state index contributed by atoms with van der Waals surface area (Å²) in [5, 5.41) is 0. The highest BCUT2D eigenvalue weighted by molar-refractivity contribution is 5.01. The first kappa shape index (κ1) is 13.0. The summed E-state index contributed by atoms with van der Waals surface area (Å²) in [6.45, 7) is 15.6. The Bertz CT molecular complexity index is 234. The van der Waals surface area contributed by atoms with Crippen molar-refractivity contribution in [2.75, 3.05) is 0 Å². The highest BCUT2D eigenvalue weighted by Gasteiger charge is 2.20. The van der Waals surface area contributed by atoms with Gasteiger partial charge in [0.25, 0.3) is 0 Å². The van der Waals surface area contributed by atoms with Crippen molar-refractivity contribution in [2.24, 2.45) is 0 Å². The molecular formula is C13H22O. The van der Waals surface area contributed by atoms with Gasteiger partial charge < -0.3 is 4.74 Å². The van der Waals surface area contributed by atoms with Crippen LogP contribution in [-0.4, -0.2) is 5.60 Å². The smallest absolute Gasteiger partial charge is 0.124 e. The van der Waals surface area contributed by atoms with E-state index in [9.17, 15) is 0 Å². The Balaban J connectivity index is 4.19. The van der Waals surface area contributed by atoms with Crippen LogP contribution in [0.15, 0.2) is 36.6 Å².